The summed E-state index contributed by atoms with van der Waals surface area (Å²) in [4.78, 5) is 4.84. The van der Waals surface area contributed by atoms with Gasteiger partial charge in [-0.2, -0.15) is 0 Å². The molecule has 1 saturated heterocycles. The van der Waals surface area contributed by atoms with Crippen LogP contribution in [0.5, 0.6) is 0 Å². The Morgan fingerprint density at radius 2 is 1.80 bits per heavy atom. The Morgan fingerprint density at radius 3 is 2.50 bits per heavy atom. The van der Waals surface area contributed by atoms with Gasteiger partial charge in [0.25, 0.3) is 0 Å². The zero-order valence-corrected chi connectivity index (χ0v) is 12.9. The van der Waals surface area contributed by atoms with Crippen LogP contribution in [0.15, 0.2) is 30.6 Å². The molecule has 0 saturated carbocycles. The maximum absolute atomic E-state index is 3.90. The lowest BCUT2D eigenvalue weighted by Crippen LogP contribution is -2.44. The van der Waals surface area contributed by atoms with Crippen LogP contribution < -0.4 is 15.5 Å². The molecule has 2 aliphatic rings. The second-order valence-electron chi connectivity index (χ2n) is 5.09. The summed E-state index contributed by atoms with van der Waals surface area (Å²) in [5, 5.41) is 6.51. The molecular formula is C16H26N4. The highest BCUT2D eigenvalue weighted by atomic mass is 15.2. The van der Waals surface area contributed by atoms with Gasteiger partial charge in [-0.25, -0.2) is 0 Å². The predicted molar refractivity (Wildman–Crippen MR) is 87.1 cm³/mol. The number of nitrogens with one attached hydrogen (secondary N) is 2. The molecule has 1 fully saturated rings. The highest BCUT2D eigenvalue weighted by Gasteiger charge is 2.16. The first-order chi connectivity index (χ1) is 9.72. The van der Waals surface area contributed by atoms with Crippen LogP contribution in [0.2, 0.25) is 0 Å². The van der Waals surface area contributed by atoms with E-state index in [9.17, 15) is 0 Å². The second-order valence-corrected chi connectivity index (χ2v) is 5.09. The van der Waals surface area contributed by atoms with E-state index >= 15 is 0 Å². The van der Waals surface area contributed by atoms with Crippen LogP contribution in [-0.2, 0) is 6.54 Å². The molecule has 0 amide bonds. The van der Waals surface area contributed by atoms with Crippen molar-refractivity contribution in [2.75, 3.05) is 43.4 Å². The van der Waals surface area contributed by atoms with Crippen LogP contribution in [0.4, 0.5) is 11.4 Å². The number of benzene rings is 1. The lowest BCUT2D eigenvalue weighted by Gasteiger charge is -2.34. The van der Waals surface area contributed by atoms with Crippen molar-refractivity contribution in [2.45, 2.75) is 20.4 Å². The van der Waals surface area contributed by atoms with E-state index in [0.29, 0.717) is 0 Å². The molecule has 110 valence electrons. The van der Waals surface area contributed by atoms with Crippen LogP contribution in [0, 0.1) is 0 Å². The topological polar surface area (TPSA) is 30.5 Å². The van der Waals surface area contributed by atoms with Gasteiger partial charge in [0.1, 0.15) is 0 Å². The Labute approximate surface area is 122 Å². The van der Waals surface area contributed by atoms with Crippen molar-refractivity contribution in [2.24, 2.45) is 0 Å². The van der Waals surface area contributed by atoms with Crippen molar-refractivity contribution in [3.63, 3.8) is 0 Å². The van der Waals surface area contributed by atoms with Crippen LogP contribution >= 0.6 is 0 Å². The number of piperazine rings is 1. The predicted octanol–water partition coefficient (Wildman–Crippen LogP) is 2.45. The minimum absolute atomic E-state index is 0.864. The van der Waals surface area contributed by atoms with E-state index in [1.165, 1.54) is 16.9 Å². The highest BCUT2D eigenvalue weighted by molar-refractivity contribution is 5.64. The molecule has 0 unspecified atom stereocenters. The molecule has 1 aromatic carbocycles. The SMILES string of the molecule is C=C1NCc2cc(N3CCN(C)CC3)ccc2N1.CC. The zero-order valence-electron chi connectivity index (χ0n) is 12.9. The van der Waals surface area contributed by atoms with Gasteiger partial charge >= 0.3 is 0 Å². The maximum atomic E-state index is 3.90. The third-order valence-electron chi connectivity index (χ3n) is 3.74. The Hall–Kier alpha value is -1.68. The summed E-state index contributed by atoms with van der Waals surface area (Å²) < 4.78 is 0. The maximum Gasteiger partial charge on any atom is 0.0959 e. The van der Waals surface area contributed by atoms with Gasteiger partial charge in [-0.3, -0.25) is 0 Å². The van der Waals surface area contributed by atoms with Gasteiger partial charge in [-0.1, -0.05) is 20.4 Å². The molecule has 1 aromatic rings. The standard InChI is InChI=1S/C14H20N4.C2H6/c1-11-15-10-12-9-13(3-4-14(12)16-11)18-7-5-17(2)6-8-18;1-2/h3-4,9,15-16H,1,5-8,10H2,2H3;1-2H3. The van der Waals surface area contributed by atoms with E-state index in [4.69, 9.17) is 0 Å². The fourth-order valence-electron chi connectivity index (χ4n) is 2.52. The lowest BCUT2D eigenvalue weighted by molar-refractivity contribution is 0.313. The summed E-state index contributed by atoms with van der Waals surface area (Å²) in [7, 11) is 2.18. The molecule has 4 nitrogen and oxygen atoms in total. The fourth-order valence-corrected chi connectivity index (χ4v) is 2.52. The molecule has 20 heavy (non-hydrogen) atoms. The van der Waals surface area contributed by atoms with Gasteiger partial charge < -0.3 is 20.4 Å². The molecule has 0 radical (unpaired) electrons. The van der Waals surface area contributed by atoms with Gasteiger partial charge in [0, 0.05) is 44.1 Å². The number of likely N-dealkylation sites (N-methyl/N-ethyl adjacent to an activating group) is 1. The Morgan fingerprint density at radius 1 is 1.10 bits per heavy atom. The molecular weight excluding hydrogens is 248 g/mol. The lowest BCUT2D eigenvalue weighted by atomic mass is 10.1. The average molecular weight is 274 g/mol. The average Bonchev–Trinajstić information content (AvgIpc) is 2.49. The first kappa shape index (κ1) is 14.7. The van der Waals surface area contributed by atoms with Crippen LogP contribution in [0.3, 0.4) is 0 Å². The molecule has 0 spiro atoms. The second kappa shape index (κ2) is 6.66. The van der Waals surface area contributed by atoms with Gasteiger partial charge in [0.2, 0.25) is 0 Å². The molecule has 3 rings (SSSR count). The largest absolute Gasteiger partial charge is 0.369 e. The quantitative estimate of drug-likeness (QED) is 0.823. The molecule has 0 aromatic heterocycles. The summed E-state index contributed by atoms with van der Waals surface area (Å²) in [6.07, 6.45) is 0. The summed E-state index contributed by atoms with van der Waals surface area (Å²) in [5.74, 6) is 0.884. The molecule has 0 bridgehead atoms. The molecule has 0 atom stereocenters. The number of rotatable bonds is 1. The highest BCUT2D eigenvalue weighted by Crippen LogP contribution is 2.27. The van der Waals surface area contributed by atoms with Crippen molar-refractivity contribution >= 4 is 11.4 Å². The monoisotopic (exact) mass is 274 g/mol. The zero-order chi connectivity index (χ0) is 14.5. The van der Waals surface area contributed by atoms with Gasteiger partial charge in [-0.15, -0.1) is 0 Å². The molecule has 2 N–H and O–H groups in total. The third-order valence-corrected chi connectivity index (χ3v) is 3.74. The fraction of sp³-hybridized carbons (Fsp3) is 0.500. The van der Waals surface area contributed by atoms with Gasteiger partial charge in [-0.05, 0) is 30.8 Å². The number of hydrogen-bond donors (Lipinski definition) is 2. The van der Waals surface area contributed by atoms with Gasteiger partial charge in [0.05, 0.1) is 5.82 Å². The van der Waals surface area contributed by atoms with Crippen molar-refractivity contribution in [3.05, 3.63) is 36.2 Å². The van der Waals surface area contributed by atoms with Crippen LogP contribution in [-0.4, -0.2) is 38.1 Å². The number of fused-ring (bicyclic) bond motifs is 1. The van der Waals surface area contributed by atoms with Crippen molar-refractivity contribution in [3.8, 4) is 0 Å². The first-order valence-electron chi connectivity index (χ1n) is 7.48. The number of nitrogens with zero attached hydrogens (tertiary/aromatic N) is 2. The molecule has 0 aliphatic carbocycles. The van der Waals surface area contributed by atoms with Crippen LogP contribution in [0.25, 0.3) is 0 Å². The van der Waals surface area contributed by atoms with E-state index in [1.54, 1.807) is 0 Å². The summed E-state index contributed by atoms with van der Waals surface area (Å²) in [6, 6.07) is 6.65. The first-order valence-corrected chi connectivity index (χ1v) is 7.48. The van der Waals surface area contributed by atoms with E-state index in [0.717, 1.165) is 38.5 Å². The number of anilines is 2. The van der Waals surface area contributed by atoms with E-state index < -0.39 is 0 Å². The minimum Gasteiger partial charge on any atom is -0.369 e. The summed E-state index contributed by atoms with van der Waals surface area (Å²) in [5.41, 5.74) is 3.83. The summed E-state index contributed by atoms with van der Waals surface area (Å²) in [6.45, 7) is 13.3. The Balaban J connectivity index is 0.000000704. The molecule has 4 heteroatoms. The number of hydrogen-bond acceptors (Lipinski definition) is 4. The third kappa shape index (κ3) is 3.25. The Bertz CT molecular complexity index is 462. The van der Waals surface area contributed by atoms with E-state index in [-0.39, 0.29) is 0 Å². The Kier molecular flexibility index (Phi) is 4.90. The van der Waals surface area contributed by atoms with Crippen molar-refractivity contribution in [1.82, 2.24) is 10.2 Å². The van der Waals surface area contributed by atoms with E-state index in [2.05, 4.69) is 52.3 Å². The van der Waals surface area contributed by atoms with Gasteiger partial charge in [0.15, 0.2) is 0 Å². The van der Waals surface area contributed by atoms with Crippen molar-refractivity contribution < 1.29 is 0 Å². The van der Waals surface area contributed by atoms with Crippen molar-refractivity contribution in [1.29, 1.82) is 0 Å². The normalized spacial score (nSPS) is 18.4. The van der Waals surface area contributed by atoms with E-state index in [1.807, 2.05) is 13.8 Å². The van der Waals surface area contributed by atoms with Crippen LogP contribution in [0.1, 0.15) is 19.4 Å². The minimum atomic E-state index is 0.864. The molecule has 2 aliphatic heterocycles. The summed E-state index contributed by atoms with van der Waals surface area (Å²) >= 11 is 0. The molecule has 2 heterocycles. The smallest absolute Gasteiger partial charge is 0.0959 e.